The van der Waals surface area contributed by atoms with Crippen LogP contribution < -0.4 is 4.74 Å². The Hall–Kier alpha value is -4.68. The van der Waals surface area contributed by atoms with E-state index in [0.717, 1.165) is 61.6 Å². The van der Waals surface area contributed by atoms with Crippen molar-refractivity contribution in [3.8, 4) is 11.5 Å². The number of esters is 2. The normalized spacial score (nSPS) is 13.6. The van der Waals surface area contributed by atoms with Gasteiger partial charge in [0.1, 0.15) is 18.1 Å². The van der Waals surface area contributed by atoms with E-state index in [4.69, 9.17) is 18.9 Å². The van der Waals surface area contributed by atoms with E-state index in [9.17, 15) is 9.59 Å². The summed E-state index contributed by atoms with van der Waals surface area (Å²) in [4.78, 5) is 26.5. The molecule has 0 spiro atoms. The Morgan fingerprint density at radius 2 is 0.924 bits per heavy atom. The van der Waals surface area contributed by atoms with Gasteiger partial charge in [0.2, 0.25) is 0 Å². The summed E-state index contributed by atoms with van der Waals surface area (Å²) in [6, 6.07) is 25.9. The Labute approximate surface area is 400 Å². The average molecular weight is 901 g/mol. The molecule has 0 fully saturated rings. The van der Waals surface area contributed by atoms with E-state index in [2.05, 4.69) is 62.5 Å². The summed E-state index contributed by atoms with van der Waals surface area (Å²) >= 11 is 0. The minimum absolute atomic E-state index is 0.00666. The lowest BCUT2D eigenvalue weighted by Gasteiger charge is -2.41. The maximum Gasteiger partial charge on any atom is 0.306 e. The number of rotatable bonds is 37. The molecule has 4 rings (SSSR count). The molecule has 0 amide bonds. The molecule has 6 nitrogen and oxygen atoms in total. The lowest BCUT2D eigenvalue weighted by atomic mass is 9.78. The van der Waals surface area contributed by atoms with Gasteiger partial charge in [-0.15, -0.1) is 0 Å². The highest BCUT2D eigenvalue weighted by Crippen LogP contribution is 2.52. The summed E-state index contributed by atoms with van der Waals surface area (Å²) < 4.78 is 25.4. The molecule has 66 heavy (non-hydrogen) atoms. The van der Waals surface area contributed by atoms with Gasteiger partial charge in [0.05, 0.1) is 6.61 Å². The van der Waals surface area contributed by atoms with E-state index in [1.807, 2.05) is 78.9 Å². The Morgan fingerprint density at radius 3 is 1.47 bits per heavy atom. The number of carbonyl (C=O) groups excluding carboxylic acids is 2. The fourth-order valence-corrected chi connectivity index (χ4v) is 8.58. The van der Waals surface area contributed by atoms with E-state index < -0.39 is 11.7 Å². The Morgan fingerprint density at radius 1 is 0.485 bits per heavy atom. The predicted octanol–water partition coefficient (Wildman–Crippen LogP) is 17.0. The highest BCUT2D eigenvalue weighted by atomic mass is 16.6. The number of allylic oxidation sites excluding steroid dienone is 8. The molecule has 0 saturated heterocycles. The summed E-state index contributed by atoms with van der Waals surface area (Å²) in [5.41, 5.74) is 1.56. The first-order valence-corrected chi connectivity index (χ1v) is 26.1. The maximum absolute atomic E-state index is 13.4. The molecule has 1 aliphatic heterocycles. The van der Waals surface area contributed by atoms with Crippen molar-refractivity contribution in [2.75, 3.05) is 13.2 Å². The Balaban J connectivity index is 1.26. The van der Waals surface area contributed by atoms with Crippen LogP contribution in [0, 0.1) is 0 Å². The quantitative estimate of drug-likeness (QED) is 0.0326. The molecule has 0 radical (unpaired) electrons. The topological polar surface area (TPSA) is 71.1 Å². The Kier molecular flexibility index (Phi) is 28.3. The first kappa shape index (κ1) is 53.9. The van der Waals surface area contributed by atoms with Crippen LogP contribution in [0.2, 0.25) is 0 Å². The van der Waals surface area contributed by atoms with Crippen molar-refractivity contribution < 1.29 is 28.5 Å². The number of fused-ring (bicyclic) bond motifs is 2. The molecule has 0 N–H and O–H groups in total. The summed E-state index contributed by atoms with van der Waals surface area (Å²) in [6.07, 6.45) is 45.7. The molecule has 0 aliphatic carbocycles. The first-order valence-electron chi connectivity index (χ1n) is 26.1. The third-order valence-corrected chi connectivity index (χ3v) is 12.3. The molecular formula is C60H84O6. The molecule has 1 atom stereocenters. The summed E-state index contributed by atoms with van der Waals surface area (Å²) in [6.45, 7) is 4.44. The van der Waals surface area contributed by atoms with Crippen LogP contribution in [0.25, 0.3) is 0 Å². The van der Waals surface area contributed by atoms with Crippen LogP contribution in [-0.2, 0) is 29.4 Å². The molecule has 1 aliphatic rings. The second kappa shape index (κ2) is 34.6. The van der Waals surface area contributed by atoms with Gasteiger partial charge in [-0.25, -0.2) is 0 Å². The standard InChI is InChI=1S/C60H84O6/c1-3-5-7-9-11-13-15-17-19-20-22-24-26-28-30-32-37-49-59(62)65-53(50-63-58(61)48-36-31-29-27-25-23-21-18-16-14-12-10-8-6-4-2)51-64-60(52-42-34-33-35-43-52)54-44-38-40-46-56(54)66-57-47-41-39-45-55(57)60/h11,13,17,19,22,24,28,30,33-35,38-47,53H,3-10,12,14-16,18,20-21,23,25-27,29,31-32,36-37,48-51H2,1-2H3/b13-11-,19-17-,24-22-,30-28-/t53-/m1/s1. The van der Waals surface area contributed by atoms with Crippen molar-refractivity contribution in [3.63, 3.8) is 0 Å². The van der Waals surface area contributed by atoms with E-state index >= 15 is 0 Å². The molecule has 0 bridgehead atoms. The highest BCUT2D eigenvalue weighted by molar-refractivity contribution is 5.70. The van der Waals surface area contributed by atoms with Crippen molar-refractivity contribution in [2.45, 2.75) is 192 Å². The van der Waals surface area contributed by atoms with Gasteiger partial charge in [-0.1, -0.05) is 232 Å². The molecule has 3 aromatic carbocycles. The minimum atomic E-state index is -1.06. The van der Waals surface area contributed by atoms with Crippen molar-refractivity contribution in [1.29, 1.82) is 0 Å². The highest BCUT2D eigenvalue weighted by Gasteiger charge is 2.45. The van der Waals surface area contributed by atoms with Crippen LogP contribution in [0.3, 0.4) is 0 Å². The van der Waals surface area contributed by atoms with E-state index in [0.29, 0.717) is 24.3 Å². The van der Waals surface area contributed by atoms with Crippen molar-refractivity contribution in [1.82, 2.24) is 0 Å². The summed E-state index contributed by atoms with van der Waals surface area (Å²) in [5.74, 6) is 0.783. The zero-order valence-corrected chi connectivity index (χ0v) is 41.0. The number of carbonyl (C=O) groups is 2. The van der Waals surface area contributed by atoms with Crippen LogP contribution >= 0.6 is 0 Å². The lowest BCUT2D eigenvalue weighted by molar-refractivity contribution is -0.165. The van der Waals surface area contributed by atoms with E-state index in [1.165, 1.54) is 103 Å². The predicted molar refractivity (Wildman–Crippen MR) is 274 cm³/mol. The number of hydrogen-bond acceptors (Lipinski definition) is 6. The maximum atomic E-state index is 13.4. The molecule has 3 aromatic rings. The summed E-state index contributed by atoms with van der Waals surface area (Å²) in [5, 5.41) is 0. The van der Waals surface area contributed by atoms with Gasteiger partial charge in [0.25, 0.3) is 0 Å². The number of unbranched alkanes of at least 4 members (excludes halogenated alkanes) is 18. The van der Waals surface area contributed by atoms with Crippen molar-refractivity contribution in [2.24, 2.45) is 0 Å². The van der Waals surface area contributed by atoms with Gasteiger partial charge in [0.15, 0.2) is 11.7 Å². The third-order valence-electron chi connectivity index (χ3n) is 12.3. The average Bonchev–Trinajstić information content (AvgIpc) is 3.34. The monoisotopic (exact) mass is 901 g/mol. The smallest absolute Gasteiger partial charge is 0.306 e. The molecular weight excluding hydrogens is 817 g/mol. The lowest BCUT2D eigenvalue weighted by Crippen LogP contribution is -2.40. The third kappa shape index (κ3) is 20.9. The van der Waals surface area contributed by atoms with Gasteiger partial charge in [-0.2, -0.15) is 0 Å². The van der Waals surface area contributed by atoms with Crippen LogP contribution in [0.5, 0.6) is 11.5 Å². The van der Waals surface area contributed by atoms with Gasteiger partial charge in [-0.05, 0) is 69.1 Å². The van der Waals surface area contributed by atoms with Crippen LogP contribution in [-0.4, -0.2) is 31.3 Å². The number of ether oxygens (including phenoxy) is 4. The number of hydrogen-bond donors (Lipinski definition) is 0. The van der Waals surface area contributed by atoms with Crippen LogP contribution in [0.4, 0.5) is 0 Å². The summed E-state index contributed by atoms with van der Waals surface area (Å²) in [7, 11) is 0. The first-order chi connectivity index (χ1) is 32.6. The molecule has 0 aromatic heterocycles. The minimum Gasteiger partial charge on any atom is -0.462 e. The SMILES string of the molecule is CCCCC/C=C\C/C=C\C/C=C\C/C=C\CCCC(=O)O[C@H](COC(=O)CCCCCCCCCCCCCCCCC)COC1(c2ccccc2)c2ccccc2Oc2ccccc21. The molecule has 360 valence electrons. The number of para-hydroxylation sites is 2. The molecule has 0 saturated carbocycles. The molecule has 6 heteroatoms. The van der Waals surface area contributed by atoms with Gasteiger partial charge < -0.3 is 18.9 Å². The fourth-order valence-electron chi connectivity index (χ4n) is 8.58. The zero-order chi connectivity index (χ0) is 46.6. The van der Waals surface area contributed by atoms with Crippen LogP contribution in [0.1, 0.15) is 197 Å². The van der Waals surface area contributed by atoms with E-state index in [1.54, 1.807) is 0 Å². The van der Waals surface area contributed by atoms with E-state index in [-0.39, 0.29) is 31.6 Å². The molecule has 0 unspecified atom stereocenters. The zero-order valence-electron chi connectivity index (χ0n) is 41.0. The van der Waals surface area contributed by atoms with Gasteiger partial charge in [0, 0.05) is 24.0 Å². The fraction of sp³-hybridized carbons (Fsp3) is 0.533. The Bertz CT molecular complexity index is 1810. The molecule has 1 heterocycles. The van der Waals surface area contributed by atoms with Gasteiger partial charge in [-0.3, -0.25) is 9.59 Å². The second-order valence-corrected chi connectivity index (χ2v) is 17.9. The van der Waals surface area contributed by atoms with Crippen molar-refractivity contribution in [3.05, 3.63) is 144 Å². The second-order valence-electron chi connectivity index (χ2n) is 17.9. The number of benzene rings is 3. The largest absolute Gasteiger partial charge is 0.462 e. The van der Waals surface area contributed by atoms with Crippen molar-refractivity contribution >= 4 is 11.9 Å². The van der Waals surface area contributed by atoms with Gasteiger partial charge >= 0.3 is 11.9 Å². The van der Waals surface area contributed by atoms with Crippen LogP contribution in [0.15, 0.2) is 127 Å².